The Hall–Kier alpha value is -4.24. The molecule has 0 radical (unpaired) electrons. The fourth-order valence-electron chi connectivity index (χ4n) is 4.06. The zero-order valence-corrected chi connectivity index (χ0v) is 26.7. The van der Waals surface area contributed by atoms with E-state index in [4.69, 9.17) is 37.9 Å². The van der Waals surface area contributed by atoms with E-state index in [9.17, 15) is 38.4 Å². The molecule has 1 rings (SSSR count). The average molecular weight is 661 g/mol. The van der Waals surface area contributed by atoms with E-state index in [1.165, 1.54) is 27.7 Å². The third-order valence-corrected chi connectivity index (χ3v) is 6.18. The van der Waals surface area contributed by atoms with E-state index >= 15 is 0 Å². The summed E-state index contributed by atoms with van der Waals surface area (Å²) >= 11 is 0. The van der Waals surface area contributed by atoms with Crippen LogP contribution in [0.5, 0.6) is 0 Å². The molecule has 16 heteroatoms. The first-order valence-electron chi connectivity index (χ1n) is 15.4. The molecule has 1 heterocycles. The van der Waals surface area contributed by atoms with Gasteiger partial charge in [-0.1, -0.05) is 12.8 Å². The second kappa shape index (κ2) is 22.3. The highest BCUT2D eigenvalue weighted by Crippen LogP contribution is 2.18. The third-order valence-electron chi connectivity index (χ3n) is 6.18. The predicted octanol–water partition coefficient (Wildman–Crippen LogP) is 1.80. The summed E-state index contributed by atoms with van der Waals surface area (Å²) in [6.45, 7) is 5.50. The Kier molecular flexibility index (Phi) is 19.3. The van der Waals surface area contributed by atoms with Gasteiger partial charge in [0.15, 0.2) is 0 Å². The van der Waals surface area contributed by atoms with Crippen molar-refractivity contribution < 1.29 is 76.3 Å². The number of carbonyl (C=O) groups excluding carboxylic acids is 8. The summed E-state index contributed by atoms with van der Waals surface area (Å²) in [5, 5.41) is 0. The Morgan fingerprint density at radius 2 is 0.630 bits per heavy atom. The van der Waals surface area contributed by atoms with Crippen molar-refractivity contribution in [3.63, 3.8) is 0 Å². The van der Waals surface area contributed by atoms with Gasteiger partial charge in [-0.25, -0.2) is 19.2 Å². The highest BCUT2D eigenvalue weighted by Gasteiger charge is 2.43. The minimum absolute atomic E-state index is 0.119. The number of rotatable bonds is 8. The topological polar surface area (TPSA) is 210 Å². The number of cyclic esters (lactones) is 4. The van der Waals surface area contributed by atoms with Crippen LogP contribution in [0.3, 0.4) is 0 Å². The summed E-state index contributed by atoms with van der Waals surface area (Å²) in [7, 11) is 0. The van der Waals surface area contributed by atoms with Crippen LogP contribution < -0.4 is 0 Å². The van der Waals surface area contributed by atoms with Gasteiger partial charge < -0.3 is 37.9 Å². The molecular formula is C30H44O16. The summed E-state index contributed by atoms with van der Waals surface area (Å²) in [6.07, 6.45) is -7.51. The largest absolute Gasteiger partial charge is 0.463 e. The normalized spacial score (nSPS) is 23.0. The zero-order chi connectivity index (χ0) is 34.5. The van der Waals surface area contributed by atoms with Crippen LogP contribution in [0.4, 0.5) is 0 Å². The van der Waals surface area contributed by atoms with Crippen molar-refractivity contribution in [2.75, 3.05) is 26.4 Å². The number of hydrogen-bond donors (Lipinski definition) is 0. The Bertz CT molecular complexity index is 892. The quantitative estimate of drug-likeness (QED) is 0.268. The van der Waals surface area contributed by atoms with Crippen LogP contribution in [0, 0.1) is 0 Å². The van der Waals surface area contributed by atoms with Gasteiger partial charge in [-0.3, -0.25) is 19.2 Å². The van der Waals surface area contributed by atoms with Crippen LogP contribution >= 0.6 is 0 Å². The smallest absolute Gasteiger partial charge is 0.352 e. The van der Waals surface area contributed by atoms with Crippen molar-refractivity contribution >= 4 is 47.8 Å². The standard InChI is InChI=1S/C30H44O16/c1-5-39-27(35)23-24(28(36)40-6-2)44-20(32)16-12-10-14-18-22(34)46-26(30(38)42-8-4)25(29(37)41-7-3)45-21(33)17-13-9-11-15-19(31)43-23/h23-26H,5-18H2,1-4H3/t23-,24-,25+,26+. The zero-order valence-electron chi connectivity index (χ0n) is 26.7. The summed E-state index contributed by atoms with van der Waals surface area (Å²) in [6, 6.07) is 0. The first-order chi connectivity index (χ1) is 22.0. The SMILES string of the molecule is CCOC(=O)[C@H]1OC(=O)CCCCCC(=O)O[C@@H](C(=O)OCC)[C@H](C(=O)OCC)OC(=O)CCCCCC(=O)O[C@@H]1C(=O)OCC. The van der Waals surface area contributed by atoms with E-state index < -0.39 is 72.2 Å². The Morgan fingerprint density at radius 1 is 0.435 bits per heavy atom. The first-order valence-corrected chi connectivity index (χ1v) is 15.4. The highest BCUT2D eigenvalue weighted by molar-refractivity contribution is 5.90. The molecule has 0 amide bonds. The summed E-state index contributed by atoms with van der Waals surface area (Å²) < 4.78 is 40.6. The Labute approximate surface area is 267 Å². The molecule has 1 saturated heterocycles. The van der Waals surface area contributed by atoms with Gasteiger partial charge in [-0.2, -0.15) is 0 Å². The van der Waals surface area contributed by atoms with Gasteiger partial charge in [0.05, 0.1) is 26.4 Å². The highest BCUT2D eigenvalue weighted by atomic mass is 16.6. The number of carbonyl (C=O) groups is 8. The Balaban J connectivity index is 3.23. The lowest BCUT2D eigenvalue weighted by atomic mass is 10.1. The van der Waals surface area contributed by atoms with E-state index in [1.807, 2.05) is 0 Å². The molecule has 0 aromatic heterocycles. The summed E-state index contributed by atoms with van der Waals surface area (Å²) in [5.74, 6) is -8.10. The second-order valence-electron chi connectivity index (χ2n) is 9.77. The van der Waals surface area contributed by atoms with Crippen molar-refractivity contribution in [3.8, 4) is 0 Å². The number of esters is 8. The van der Waals surface area contributed by atoms with Crippen molar-refractivity contribution in [2.45, 2.75) is 116 Å². The maximum Gasteiger partial charge on any atom is 0.352 e. The maximum absolute atomic E-state index is 12.7. The van der Waals surface area contributed by atoms with Crippen LogP contribution in [0.1, 0.15) is 91.9 Å². The average Bonchev–Trinajstić information content (AvgIpc) is 3.00. The molecule has 0 aromatic carbocycles. The molecule has 260 valence electrons. The lowest BCUT2D eigenvalue weighted by molar-refractivity contribution is -0.192. The number of hydrogen-bond acceptors (Lipinski definition) is 16. The van der Waals surface area contributed by atoms with Gasteiger partial charge >= 0.3 is 47.8 Å². The van der Waals surface area contributed by atoms with Gasteiger partial charge in [-0.15, -0.1) is 0 Å². The van der Waals surface area contributed by atoms with E-state index in [-0.39, 0.29) is 90.6 Å². The molecule has 4 atom stereocenters. The predicted molar refractivity (Wildman–Crippen MR) is 152 cm³/mol. The van der Waals surface area contributed by atoms with Gasteiger partial charge in [0.25, 0.3) is 0 Å². The van der Waals surface area contributed by atoms with Gasteiger partial charge in [0.2, 0.25) is 24.4 Å². The van der Waals surface area contributed by atoms with Gasteiger partial charge in [0.1, 0.15) is 0 Å². The Morgan fingerprint density at radius 3 is 0.804 bits per heavy atom. The first kappa shape index (κ1) is 39.8. The maximum atomic E-state index is 12.7. The van der Waals surface area contributed by atoms with E-state index in [1.54, 1.807) is 0 Å². The van der Waals surface area contributed by atoms with Gasteiger partial charge in [-0.05, 0) is 53.4 Å². The fraction of sp³-hybridized carbons (Fsp3) is 0.733. The molecular weight excluding hydrogens is 616 g/mol. The van der Waals surface area contributed by atoms with Crippen molar-refractivity contribution in [3.05, 3.63) is 0 Å². The monoisotopic (exact) mass is 660 g/mol. The molecule has 0 spiro atoms. The van der Waals surface area contributed by atoms with E-state index in [0.29, 0.717) is 0 Å². The molecule has 0 aliphatic carbocycles. The third kappa shape index (κ3) is 14.7. The van der Waals surface area contributed by atoms with Crippen LogP contribution in [-0.4, -0.2) is 98.6 Å². The molecule has 0 bridgehead atoms. The van der Waals surface area contributed by atoms with Crippen molar-refractivity contribution in [1.82, 2.24) is 0 Å². The molecule has 0 aromatic rings. The molecule has 1 aliphatic rings. The molecule has 16 nitrogen and oxygen atoms in total. The molecule has 0 saturated carbocycles. The molecule has 1 fully saturated rings. The second-order valence-corrected chi connectivity index (χ2v) is 9.77. The summed E-state index contributed by atoms with van der Waals surface area (Å²) in [4.78, 5) is 101. The van der Waals surface area contributed by atoms with Crippen molar-refractivity contribution in [2.24, 2.45) is 0 Å². The van der Waals surface area contributed by atoms with Crippen LogP contribution in [-0.2, 0) is 76.3 Å². The minimum Gasteiger partial charge on any atom is -0.463 e. The fourth-order valence-corrected chi connectivity index (χ4v) is 4.06. The van der Waals surface area contributed by atoms with E-state index in [0.717, 1.165) is 0 Å². The molecule has 0 N–H and O–H groups in total. The lowest BCUT2D eigenvalue weighted by Gasteiger charge is -2.24. The molecule has 1 aliphatic heterocycles. The molecule has 0 unspecified atom stereocenters. The molecule has 46 heavy (non-hydrogen) atoms. The number of ether oxygens (including phenoxy) is 8. The van der Waals surface area contributed by atoms with Crippen LogP contribution in [0.2, 0.25) is 0 Å². The van der Waals surface area contributed by atoms with Crippen LogP contribution in [0.15, 0.2) is 0 Å². The van der Waals surface area contributed by atoms with Crippen molar-refractivity contribution in [1.29, 1.82) is 0 Å². The van der Waals surface area contributed by atoms with Crippen LogP contribution in [0.25, 0.3) is 0 Å². The minimum atomic E-state index is -1.93. The summed E-state index contributed by atoms with van der Waals surface area (Å²) in [5.41, 5.74) is 0. The van der Waals surface area contributed by atoms with Gasteiger partial charge in [0, 0.05) is 25.7 Å². The lowest BCUT2D eigenvalue weighted by Crippen LogP contribution is -2.47. The van der Waals surface area contributed by atoms with E-state index in [2.05, 4.69) is 0 Å².